The molecular formula is C20H25N2O2P. The molecule has 1 heterocycles. The van der Waals surface area contributed by atoms with Crippen molar-refractivity contribution >= 4 is 29.8 Å². The zero-order valence-corrected chi connectivity index (χ0v) is 15.9. The molecule has 5 heteroatoms. The van der Waals surface area contributed by atoms with Gasteiger partial charge >= 0.3 is 0 Å². The molecule has 4 nitrogen and oxygen atoms in total. The number of ether oxygens (including phenoxy) is 2. The number of hydrogen-bond acceptors (Lipinski definition) is 3. The van der Waals surface area contributed by atoms with Gasteiger partial charge < -0.3 is 20.2 Å². The van der Waals surface area contributed by atoms with Crippen LogP contribution in [0.15, 0.2) is 42.5 Å². The number of methoxy groups -OCH3 is 1. The number of fused-ring (bicyclic) bond motifs is 1. The van der Waals surface area contributed by atoms with Gasteiger partial charge in [0.2, 0.25) is 0 Å². The number of nitrogen functional groups attached to an aromatic ring is 1. The van der Waals surface area contributed by atoms with E-state index in [1.165, 1.54) is 10.9 Å². The summed E-state index contributed by atoms with van der Waals surface area (Å²) < 4.78 is 10.6. The van der Waals surface area contributed by atoms with Crippen molar-refractivity contribution in [2.75, 3.05) is 39.4 Å². The van der Waals surface area contributed by atoms with Gasteiger partial charge in [-0.3, -0.25) is 0 Å². The Labute approximate surface area is 150 Å². The highest BCUT2D eigenvalue weighted by Gasteiger charge is 2.08. The summed E-state index contributed by atoms with van der Waals surface area (Å²) in [5, 5.41) is 2.52. The second-order valence-electron chi connectivity index (χ2n) is 6.32. The molecule has 0 aliphatic carbocycles. The van der Waals surface area contributed by atoms with Crippen LogP contribution in [-0.4, -0.2) is 38.6 Å². The zero-order valence-electron chi connectivity index (χ0n) is 15.0. The molecule has 3 rings (SSSR count). The van der Waals surface area contributed by atoms with E-state index in [1.54, 1.807) is 7.11 Å². The average molecular weight is 356 g/mol. The van der Waals surface area contributed by atoms with Crippen molar-refractivity contribution in [3.8, 4) is 11.3 Å². The van der Waals surface area contributed by atoms with Crippen molar-refractivity contribution < 1.29 is 9.47 Å². The van der Waals surface area contributed by atoms with Gasteiger partial charge in [-0.25, -0.2) is 0 Å². The first-order valence-electron chi connectivity index (χ1n) is 8.34. The van der Waals surface area contributed by atoms with Crippen molar-refractivity contribution in [1.82, 2.24) is 4.98 Å². The summed E-state index contributed by atoms with van der Waals surface area (Å²) in [4.78, 5) is 3.45. The van der Waals surface area contributed by atoms with E-state index in [4.69, 9.17) is 15.2 Å². The van der Waals surface area contributed by atoms with Crippen LogP contribution in [0.3, 0.4) is 0 Å². The predicted molar refractivity (Wildman–Crippen MR) is 108 cm³/mol. The summed E-state index contributed by atoms with van der Waals surface area (Å²) in [6, 6.07) is 15.0. The molecule has 0 saturated heterocycles. The van der Waals surface area contributed by atoms with Crippen molar-refractivity contribution in [2.45, 2.75) is 6.61 Å². The third kappa shape index (κ3) is 4.21. The third-order valence-electron chi connectivity index (χ3n) is 4.21. The summed E-state index contributed by atoms with van der Waals surface area (Å²) in [5.74, 6) is 0. The second kappa shape index (κ2) is 8.01. The quantitative estimate of drug-likeness (QED) is 0.383. The Bertz CT molecular complexity index is 841. The largest absolute Gasteiger partial charge is 0.397 e. The minimum Gasteiger partial charge on any atom is -0.397 e. The lowest BCUT2D eigenvalue weighted by Crippen LogP contribution is -2.02. The lowest BCUT2D eigenvalue weighted by Gasteiger charge is -2.06. The van der Waals surface area contributed by atoms with E-state index >= 15 is 0 Å². The van der Waals surface area contributed by atoms with E-state index in [1.807, 2.05) is 6.07 Å². The molecule has 0 atom stereocenters. The van der Waals surface area contributed by atoms with Crippen LogP contribution in [0.2, 0.25) is 0 Å². The smallest absolute Gasteiger partial charge is 0.0719 e. The number of nitrogens with one attached hydrogen (secondary N) is 1. The molecule has 3 N–H and O–H groups in total. The fraction of sp³-hybridized carbons (Fsp3) is 0.300. The summed E-state index contributed by atoms with van der Waals surface area (Å²) in [6.45, 7) is 6.25. The van der Waals surface area contributed by atoms with Gasteiger partial charge in [0.05, 0.1) is 31.0 Å². The van der Waals surface area contributed by atoms with Crippen LogP contribution in [0, 0.1) is 0 Å². The first-order valence-corrected chi connectivity index (χ1v) is 10.6. The molecule has 0 spiro atoms. The normalized spacial score (nSPS) is 11.5. The second-order valence-corrected chi connectivity index (χ2v) is 8.62. The topological polar surface area (TPSA) is 60.3 Å². The van der Waals surface area contributed by atoms with Crippen LogP contribution in [-0.2, 0) is 16.1 Å². The number of aromatic amines is 1. The highest BCUT2D eigenvalue weighted by molar-refractivity contribution is 7.64. The number of rotatable bonds is 7. The number of nitrogens with two attached hydrogens (primary N) is 1. The van der Waals surface area contributed by atoms with E-state index in [0.29, 0.717) is 19.8 Å². The first kappa shape index (κ1) is 17.9. The van der Waals surface area contributed by atoms with Crippen LogP contribution in [0.25, 0.3) is 22.2 Å². The van der Waals surface area contributed by atoms with E-state index in [2.05, 4.69) is 54.7 Å². The highest BCUT2D eigenvalue weighted by atomic mass is 31.1. The molecule has 25 heavy (non-hydrogen) atoms. The minimum absolute atomic E-state index is 0.0679. The Morgan fingerprint density at radius 2 is 1.80 bits per heavy atom. The highest BCUT2D eigenvalue weighted by Crippen LogP contribution is 2.30. The van der Waals surface area contributed by atoms with E-state index < -0.39 is 0 Å². The molecule has 3 aromatic rings. The average Bonchev–Trinajstić information content (AvgIpc) is 3.03. The van der Waals surface area contributed by atoms with E-state index in [9.17, 15) is 0 Å². The summed E-state index contributed by atoms with van der Waals surface area (Å²) >= 11 is 0. The zero-order chi connectivity index (χ0) is 17.8. The molecule has 0 aliphatic heterocycles. The van der Waals surface area contributed by atoms with Crippen LogP contribution in [0.5, 0.6) is 0 Å². The summed E-state index contributed by atoms with van der Waals surface area (Å²) in [7, 11) is 1.60. The molecule has 0 amide bonds. The van der Waals surface area contributed by atoms with Crippen molar-refractivity contribution in [3.63, 3.8) is 0 Å². The summed E-state index contributed by atoms with van der Waals surface area (Å²) in [6.07, 6.45) is 0. The minimum atomic E-state index is -0.0679. The Hall–Kier alpha value is -1.87. The number of benzene rings is 2. The van der Waals surface area contributed by atoms with Gasteiger partial charge in [-0.05, 0) is 48.0 Å². The maximum atomic E-state index is 6.23. The SMILES string of the molecule is COCCOCc1cc(N)c2[nH]c(-c3ccc(P(C)C)cc3)cc2c1. The van der Waals surface area contributed by atoms with Crippen molar-refractivity contribution in [3.05, 3.63) is 48.0 Å². The number of anilines is 1. The molecule has 0 fully saturated rings. The van der Waals surface area contributed by atoms with Gasteiger partial charge in [0, 0.05) is 18.2 Å². The van der Waals surface area contributed by atoms with Gasteiger partial charge in [-0.2, -0.15) is 0 Å². The van der Waals surface area contributed by atoms with Crippen LogP contribution >= 0.6 is 7.92 Å². The Morgan fingerprint density at radius 3 is 2.48 bits per heavy atom. The summed E-state index contributed by atoms with van der Waals surface area (Å²) in [5.41, 5.74) is 11.3. The number of hydrogen-bond donors (Lipinski definition) is 2. The molecule has 0 unspecified atom stereocenters. The molecule has 0 saturated carbocycles. The molecule has 0 radical (unpaired) electrons. The fourth-order valence-corrected chi connectivity index (χ4v) is 3.59. The van der Waals surface area contributed by atoms with E-state index in [-0.39, 0.29) is 7.92 Å². The van der Waals surface area contributed by atoms with Crippen LogP contribution in [0.1, 0.15) is 5.56 Å². The molecular weight excluding hydrogens is 331 g/mol. The first-order chi connectivity index (χ1) is 12.1. The molecule has 132 valence electrons. The van der Waals surface area contributed by atoms with Gasteiger partial charge in [0.1, 0.15) is 0 Å². The van der Waals surface area contributed by atoms with E-state index in [0.717, 1.165) is 27.8 Å². The monoisotopic (exact) mass is 356 g/mol. The number of aromatic nitrogens is 1. The molecule has 0 aliphatic rings. The predicted octanol–water partition coefficient (Wildman–Crippen LogP) is 3.95. The van der Waals surface area contributed by atoms with Gasteiger partial charge in [0.15, 0.2) is 0 Å². The van der Waals surface area contributed by atoms with Crippen molar-refractivity contribution in [2.24, 2.45) is 0 Å². The molecule has 2 aromatic carbocycles. The lowest BCUT2D eigenvalue weighted by atomic mass is 10.1. The third-order valence-corrected chi connectivity index (χ3v) is 5.54. The lowest BCUT2D eigenvalue weighted by molar-refractivity contribution is 0.0617. The molecule has 0 bridgehead atoms. The maximum Gasteiger partial charge on any atom is 0.0719 e. The van der Waals surface area contributed by atoms with Crippen LogP contribution < -0.4 is 11.0 Å². The van der Waals surface area contributed by atoms with Gasteiger partial charge in [-0.1, -0.05) is 32.2 Å². The Morgan fingerprint density at radius 1 is 1.04 bits per heavy atom. The fourth-order valence-electron chi connectivity index (χ4n) is 2.85. The Kier molecular flexibility index (Phi) is 5.74. The standard InChI is InChI=1S/C20H25N2O2P/c1-23-8-9-24-13-14-10-16-12-19(22-20(16)18(21)11-14)15-4-6-17(7-5-15)25(2)3/h4-7,10-12,22H,8-9,13,21H2,1-3H3. The van der Waals surface area contributed by atoms with Crippen LogP contribution in [0.4, 0.5) is 5.69 Å². The van der Waals surface area contributed by atoms with Gasteiger partial charge in [-0.15, -0.1) is 0 Å². The number of H-pyrrole nitrogens is 1. The maximum absolute atomic E-state index is 6.23. The molecule has 1 aromatic heterocycles. The Balaban J connectivity index is 1.85. The van der Waals surface area contributed by atoms with Crippen molar-refractivity contribution in [1.29, 1.82) is 0 Å². The van der Waals surface area contributed by atoms with Gasteiger partial charge in [0.25, 0.3) is 0 Å².